The Morgan fingerprint density at radius 2 is 1.74 bits per heavy atom. The van der Waals surface area contributed by atoms with E-state index in [2.05, 4.69) is 41.3 Å². The first-order valence-corrected chi connectivity index (χ1v) is 9.81. The summed E-state index contributed by atoms with van der Waals surface area (Å²) < 4.78 is 5.07. The molecule has 1 aliphatic heterocycles. The maximum absolute atomic E-state index is 12.4. The fraction of sp³-hybridized carbons (Fsp3) is 0.435. The number of likely N-dealkylation sites (tertiary alicyclic amines) is 1. The minimum Gasteiger partial charge on any atom is -0.468 e. The number of ether oxygens (including phenoxy) is 1. The summed E-state index contributed by atoms with van der Waals surface area (Å²) in [5.74, 6) is 0.320. The number of fused-ring (bicyclic) bond motifs is 1. The summed E-state index contributed by atoms with van der Waals surface area (Å²) in [6, 6.07) is 18.9. The van der Waals surface area contributed by atoms with Crippen molar-refractivity contribution in [3.05, 3.63) is 60.2 Å². The standard InChI is InChI=1S/C23H27NO3/c1-27-23(26)22-13-19-11-12-20(25)14-21(19)24(22)15-16-7-9-18(10-8-16)17-5-3-2-4-6-17/h2-10,19-22,25H,11-15H2,1H3/t19-,20+,21-,22+/m1/s1. The van der Waals surface area contributed by atoms with Crippen molar-refractivity contribution >= 4 is 5.97 Å². The lowest BCUT2D eigenvalue weighted by molar-refractivity contribution is -0.146. The predicted molar refractivity (Wildman–Crippen MR) is 105 cm³/mol. The van der Waals surface area contributed by atoms with E-state index in [0.717, 1.165) is 25.7 Å². The van der Waals surface area contributed by atoms with Crippen LogP contribution in [0.25, 0.3) is 11.1 Å². The summed E-state index contributed by atoms with van der Waals surface area (Å²) in [6.45, 7) is 0.711. The Kier molecular flexibility index (Phi) is 5.28. The highest BCUT2D eigenvalue weighted by Gasteiger charge is 2.47. The average molecular weight is 365 g/mol. The van der Waals surface area contributed by atoms with Gasteiger partial charge < -0.3 is 9.84 Å². The molecule has 142 valence electrons. The van der Waals surface area contributed by atoms with E-state index in [1.807, 2.05) is 18.2 Å². The molecule has 2 fully saturated rings. The Morgan fingerprint density at radius 3 is 2.44 bits per heavy atom. The van der Waals surface area contributed by atoms with E-state index in [1.165, 1.54) is 23.8 Å². The molecular weight excluding hydrogens is 338 g/mol. The summed E-state index contributed by atoms with van der Waals surface area (Å²) >= 11 is 0. The molecule has 27 heavy (non-hydrogen) atoms. The van der Waals surface area contributed by atoms with Crippen LogP contribution in [0, 0.1) is 5.92 Å². The molecule has 0 amide bonds. The molecule has 1 saturated heterocycles. The van der Waals surface area contributed by atoms with Gasteiger partial charge in [0, 0.05) is 12.6 Å². The van der Waals surface area contributed by atoms with Crippen molar-refractivity contribution in [2.45, 2.75) is 50.4 Å². The second-order valence-corrected chi connectivity index (χ2v) is 7.80. The lowest BCUT2D eigenvalue weighted by Crippen LogP contribution is -2.44. The Bertz CT molecular complexity index is 774. The van der Waals surface area contributed by atoms with E-state index in [4.69, 9.17) is 4.74 Å². The number of aliphatic hydroxyl groups excluding tert-OH is 1. The molecule has 0 radical (unpaired) electrons. The number of aliphatic hydroxyl groups is 1. The third-order valence-electron chi connectivity index (χ3n) is 6.18. The molecule has 1 saturated carbocycles. The predicted octanol–water partition coefficient (Wildman–Crippen LogP) is 3.63. The second kappa shape index (κ2) is 7.83. The van der Waals surface area contributed by atoms with Crippen molar-refractivity contribution in [1.82, 2.24) is 4.90 Å². The minimum atomic E-state index is -0.259. The molecule has 0 aromatic heterocycles. The summed E-state index contributed by atoms with van der Waals surface area (Å²) in [5, 5.41) is 10.1. The second-order valence-electron chi connectivity index (χ2n) is 7.80. The molecule has 1 aliphatic carbocycles. The van der Waals surface area contributed by atoms with E-state index < -0.39 is 0 Å². The molecule has 2 aromatic carbocycles. The smallest absolute Gasteiger partial charge is 0.323 e. The number of carbonyl (C=O) groups is 1. The van der Waals surface area contributed by atoms with Crippen molar-refractivity contribution in [2.24, 2.45) is 5.92 Å². The lowest BCUT2D eigenvalue weighted by atomic mass is 9.83. The van der Waals surface area contributed by atoms with Crippen LogP contribution in [0.5, 0.6) is 0 Å². The van der Waals surface area contributed by atoms with E-state index >= 15 is 0 Å². The first-order chi connectivity index (χ1) is 13.2. The number of benzene rings is 2. The van der Waals surface area contributed by atoms with Gasteiger partial charge in [-0.05, 0) is 48.3 Å². The van der Waals surface area contributed by atoms with Gasteiger partial charge in [0.1, 0.15) is 6.04 Å². The molecule has 0 unspecified atom stereocenters. The number of hydrogen-bond donors (Lipinski definition) is 1. The quantitative estimate of drug-likeness (QED) is 0.841. The van der Waals surface area contributed by atoms with Gasteiger partial charge in [0.25, 0.3) is 0 Å². The van der Waals surface area contributed by atoms with Crippen LogP contribution in [-0.4, -0.2) is 41.3 Å². The molecule has 4 heteroatoms. The third-order valence-corrected chi connectivity index (χ3v) is 6.18. The zero-order chi connectivity index (χ0) is 18.8. The van der Waals surface area contributed by atoms with Crippen molar-refractivity contribution in [3.8, 4) is 11.1 Å². The van der Waals surface area contributed by atoms with Gasteiger partial charge in [-0.2, -0.15) is 0 Å². The maximum Gasteiger partial charge on any atom is 0.323 e. The number of carbonyl (C=O) groups excluding carboxylic acids is 1. The molecule has 0 spiro atoms. The molecule has 4 nitrogen and oxygen atoms in total. The zero-order valence-electron chi connectivity index (χ0n) is 15.8. The van der Waals surface area contributed by atoms with Crippen LogP contribution < -0.4 is 0 Å². The molecular formula is C23H27NO3. The molecule has 1 N–H and O–H groups in total. The highest BCUT2D eigenvalue weighted by Crippen LogP contribution is 2.41. The van der Waals surface area contributed by atoms with Gasteiger partial charge in [-0.15, -0.1) is 0 Å². The largest absolute Gasteiger partial charge is 0.468 e. The van der Waals surface area contributed by atoms with Crippen LogP contribution >= 0.6 is 0 Å². The number of methoxy groups -OCH3 is 1. The number of rotatable bonds is 4. The summed E-state index contributed by atoms with van der Waals surface area (Å²) in [4.78, 5) is 14.6. The van der Waals surface area contributed by atoms with Crippen LogP contribution in [0.15, 0.2) is 54.6 Å². The average Bonchev–Trinajstić information content (AvgIpc) is 3.06. The Morgan fingerprint density at radius 1 is 1.04 bits per heavy atom. The topological polar surface area (TPSA) is 49.8 Å². The van der Waals surface area contributed by atoms with Crippen LogP contribution in [0.2, 0.25) is 0 Å². The van der Waals surface area contributed by atoms with Gasteiger partial charge in [-0.3, -0.25) is 9.69 Å². The fourth-order valence-electron chi connectivity index (χ4n) is 4.76. The van der Waals surface area contributed by atoms with Crippen molar-refractivity contribution in [1.29, 1.82) is 0 Å². The van der Waals surface area contributed by atoms with Gasteiger partial charge in [-0.25, -0.2) is 0 Å². The molecule has 2 aliphatic rings. The van der Waals surface area contributed by atoms with E-state index in [-0.39, 0.29) is 24.2 Å². The fourth-order valence-corrected chi connectivity index (χ4v) is 4.76. The van der Waals surface area contributed by atoms with Crippen molar-refractivity contribution in [2.75, 3.05) is 7.11 Å². The molecule has 0 bridgehead atoms. The molecule has 1 heterocycles. The minimum absolute atomic E-state index is 0.153. The Labute approximate surface area is 160 Å². The van der Waals surface area contributed by atoms with Crippen LogP contribution in [0.4, 0.5) is 0 Å². The third kappa shape index (κ3) is 3.78. The van der Waals surface area contributed by atoms with E-state index in [9.17, 15) is 9.90 Å². The number of hydrogen-bond acceptors (Lipinski definition) is 4. The highest BCUT2D eigenvalue weighted by atomic mass is 16.5. The molecule has 4 rings (SSSR count). The van der Waals surface area contributed by atoms with E-state index in [0.29, 0.717) is 12.5 Å². The lowest BCUT2D eigenvalue weighted by Gasteiger charge is -2.35. The molecule has 2 aromatic rings. The van der Waals surface area contributed by atoms with E-state index in [1.54, 1.807) is 0 Å². The van der Waals surface area contributed by atoms with Crippen molar-refractivity contribution < 1.29 is 14.6 Å². The normalized spacial score (nSPS) is 27.9. The van der Waals surface area contributed by atoms with Gasteiger partial charge in [0.2, 0.25) is 0 Å². The number of esters is 1. The summed E-state index contributed by atoms with van der Waals surface area (Å²) in [6.07, 6.45) is 3.16. The summed E-state index contributed by atoms with van der Waals surface area (Å²) in [7, 11) is 1.46. The Hall–Kier alpha value is -2.17. The Balaban J connectivity index is 1.54. The first kappa shape index (κ1) is 18.2. The first-order valence-electron chi connectivity index (χ1n) is 9.81. The summed E-state index contributed by atoms with van der Waals surface area (Å²) in [5.41, 5.74) is 3.58. The van der Waals surface area contributed by atoms with Gasteiger partial charge >= 0.3 is 5.97 Å². The highest BCUT2D eigenvalue weighted by molar-refractivity contribution is 5.76. The van der Waals surface area contributed by atoms with Crippen LogP contribution in [-0.2, 0) is 16.1 Å². The van der Waals surface area contributed by atoms with Crippen LogP contribution in [0.1, 0.15) is 31.2 Å². The van der Waals surface area contributed by atoms with Gasteiger partial charge in [-0.1, -0.05) is 54.6 Å². The molecule has 4 atom stereocenters. The van der Waals surface area contributed by atoms with Gasteiger partial charge in [0.05, 0.1) is 13.2 Å². The number of nitrogens with zero attached hydrogens (tertiary/aromatic N) is 1. The van der Waals surface area contributed by atoms with Crippen molar-refractivity contribution in [3.63, 3.8) is 0 Å². The van der Waals surface area contributed by atoms with Gasteiger partial charge in [0.15, 0.2) is 0 Å². The van der Waals surface area contributed by atoms with Crippen LogP contribution in [0.3, 0.4) is 0 Å². The zero-order valence-corrected chi connectivity index (χ0v) is 15.8. The maximum atomic E-state index is 12.4. The SMILES string of the molecule is COC(=O)[C@@H]1C[C@H]2CC[C@H](O)C[C@H]2N1Cc1ccc(-c2ccccc2)cc1. The monoisotopic (exact) mass is 365 g/mol.